The Hall–Kier alpha value is -1.85. The van der Waals surface area contributed by atoms with Crippen LogP contribution in [-0.2, 0) is 11.8 Å². The zero-order chi connectivity index (χ0) is 15.3. The van der Waals surface area contributed by atoms with Crippen LogP contribution in [0.4, 0.5) is 0 Å². The van der Waals surface area contributed by atoms with Gasteiger partial charge in [0.15, 0.2) is 0 Å². The Labute approximate surface area is 123 Å². The van der Waals surface area contributed by atoms with Crippen LogP contribution in [-0.4, -0.2) is 44.8 Å². The molecule has 0 unspecified atom stereocenters. The molecule has 6 nitrogen and oxygen atoms in total. The molecule has 6 heteroatoms. The molecule has 1 aliphatic carbocycles. The van der Waals surface area contributed by atoms with Gasteiger partial charge in [-0.15, -0.1) is 0 Å². The van der Waals surface area contributed by atoms with Gasteiger partial charge in [-0.05, 0) is 38.5 Å². The summed E-state index contributed by atoms with van der Waals surface area (Å²) in [7, 11) is 1.82. The lowest BCUT2D eigenvalue weighted by Gasteiger charge is -2.16. The van der Waals surface area contributed by atoms with Gasteiger partial charge in [0, 0.05) is 25.8 Å². The van der Waals surface area contributed by atoms with Gasteiger partial charge >= 0.3 is 5.97 Å². The maximum Gasteiger partial charge on any atom is 0.308 e. The lowest BCUT2D eigenvalue weighted by atomic mass is 9.92. The van der Waals surface area contributed by atoms with E-state index in [1.807, 2.05) is 20.9 Å². The highest BCUT2D eigenvalue weighted by atomic mass is 16.4. The van der Waals surface area contributed by atoms with Gasteiger partial charge in [-0.2, -0.15) is 5.10 Å². The molecule has 1 aromatic rings. The maximum atomic E-state index is 12.7. The average Bonchev–Trinajstić information content (AvgIpc) is 3.10. The van der Waals surface area contributed by atoms with Crippen molar-refractivity contribution < 1.29 is 14.7 Å². The van der Waals surface area contributed by atoms with Crippen molar-refractivity contribution in [2.45, 2.75) is 26.7 Å². The fourth-order valence-corrected chi connectivity index (χ4v) is 3.50. The van der Waals surface area contributed by atoms with Crippen molar-refractivity contribution in [2.75, 3.05) is 13.1 Å². The first-order valence-electron chi connectivity index (χ1n) is 7.42. The van der Waals surface area contributed by atoms with Crippen LogP contribution < -0.4 is 0 Å². The largest absolute Gasteiger partial charge is 0.481 e. The Morgan fingerprint density at radius 3 is 2.38 bits per heavy atom. The Morgan fingerprint density at radius 2 is 1.90 bits per heavy atom. The van der Waals surface area contributed by atoms with Gasteiger partial charge in [0.2, 0.25) is 0 Å². The molecule has 1 amide bonds. The molecule has 1 aliphatic heterocycles. The average molecular weight is 291 g/mol. The monoisotopic (exact) mass is 291 g/mol. The van der Waals surface area contributed by atoms with E-state index in [-0.39, 0.29) is 11.8 Å². The second-order valence-corrected chi connectivity index (χ2v) is 6.33. The van der Waals surface area contributed by atoms with Gasteiger partial charge in [0.25, 0.3) is 5.91 Å². The first-order valence-corrected chi connectivity index (χ1v) is 7.42. The zero-order valence-electron chi connectivity index (χ0n) is 12.7. The van der Waals surface area contributed by atoms with E-state index in [4.69, 9.17) is 0 Å². The smallest absolute Gasteiger partial charge is 0.308 e. The van der Waals surface area contributed by atoms with Gasteiger partial charge in [-0.25, -0.2) is 0 Å². The van der Waals surface area contributed by atoms with Gasteiger partial charge in [-0.1, -0.05) is 0 Å². The summed E-state index contributed by atoms with van der Waals surface area (Å²) in [6, 6.07) is 0. The number of rotatable bonds is 3. The van der Waals surface area contributed by atoms with Crippen molar-refractivity contribution >= 4 is 11.9 Å². The number of aryl methyl sites for hydroxylation is 2. The second kappa shape index (κ2) is 4.86. The molecule has 0 spiro atoms. The van der Waals surface area contributed by atoms with Crippen molar-refractivity contribution in [3.8, 4) is 0 Å². The Kier molecular flexibility index (Phi) is 3.26. The molecule has 2 fully saturated rings. The minimum atomic E-state index is -0.776. The fraction of sp³-hybridized carbons (Fsp3) is 0.667. The summed E-state index contributed by atoms with van der Waals surface area (Å²) in [6.45, 7) is 4.58. The summed E-state index contributed by atoms with van der Waals surface area (Å²) in [5.74, 6) is -0.670. The lowest BCUT2D eigenvalue weighted by molar-refractivity contribution is -0.142. The van der Waals surface area contributed by atoms with Gasteiger partial charge in [0.1, 0.15) is 0 Å². The summed E-state index contributed by atoms with van der Waals surface area (Å²) in [5.41, 5.74) is 2.17. The van der Waals surface area contributed by atoms with Crippen LogP contribution >= 0.6 is 0 Å². The summed E-state index contributed by atoms with van der Waals surface area (Å²) in [6.07, 6.45) is 2.20. The molecular weight excluding hydrogens is 270 g/mol. The molecular formula is C15H21N3O3. The van der Waals surface area contributed by atoms with E-state index in [2.05, 4.69) is 5.10 Å². The van der Waals surface area contributed by atoms with E-state index in [1.165, 1.54) is 0 Å². The molecule has 21 heavy (non-hydrogen) atoms. The molecule has 3 rings (SSSR count). The number of aliphatic carboxylic acids is 1. The van der Waals surface area contributed by atoms with Crippen molar-refractivity contribution in [3.63, 3.8) is 0 Å². The molecule has 0 radical (unpaired) electrons. The van der Waals surface area contributed by atoms with E-state index in [1.54, 1.807) is 9.58 Å². The molecule has 0 bridgehead atoms. The highest BCUT2D eigenvalue weighted by Crippen LogP contribution is 2.44. The van der Waals surface area contributed by atoms with Crippen LogP contribution in [0.5, 0.6) is 0 Å². The summed E-state index contributed by atoms with van der Waals surface area (Å²) in [4.78, 5) is 25.9. The number of hydrogen-bond acceptors (Lipinski definition) is 3. The van der Waals surface area contributed by atoms with Crippen LogP contribution in [0.3, 0.4) is 0 Å². The number of carboxylic acid groups (broad SMARTS) is 1. The predicted octanol–water partition coefficient (Wildman–Crippen LogP) is 1.22. The molecule has 2 aliphatic rings. The van der Waals surface area contributed by atoms with Gasteiger partial charge in [0.05, 0.1) is 17.2 Å². The lowest BCUT2D eigenvalue weighted by Crippen LogP contribution is -2.30. The SMILES string of the molecule is Cc1nn(C)c(C)c1C(=O)N1C[C@H](C(=O)O)[C@@H](C2CC2)C1. The number of carbonyl (C=O) groups is 2. The third-order valence-electron chi connectivity index (χ3n) is 4.92. The van der Waals surface area contributed by atoms with Crippen molar-refractivity contribution in [1.29, 1.82) is 0 Å². The first kappa shape index (κ1) is 14.1. The number of carboxylic acids is 1. The Morgan fingerprint density at radius 1 is 1.24 bits per heavy atom. The summed E-state index contributed by atoms with van der Waals surface area (Å²) >= 11 is 0. The Balaban J connectivity index is 1.84. The topological polar surface area (TPSA) is 75.4 Å². The zero-order valence-corrected chi connectivity index (χ0v) is 12.7. The van der Waals surface area contributed by atoms with E-state index >= 15 is 0 Å². The van der Waals surface area contributed by atoms with Crippen LogP contribution in [0.1, 0.15) is 34.6 Å². The number of amides is 1. The van der Waals surface area contributed by atoms with Crippen molar-refractivity contribution in [1.82, 2.24) is 14.7 Å². The maximum absolute atomic E-state index is 12.7. The van der Waals surface area contributed by atoms with Gasteiger partial charge in [-0.3, -0.25) is 14.3 Å². The molecule has 1 N–H and O–H groups in total. The number of nitrogens with zero attached hydrogens (tertiary/aromatic N) is 3. The second-order valence-electron chi connectivity index (χ2n) is 6.33. The fourth-order valence-electron chi connectivity index (χ4n) is 3.50. The van der Waals surface area contributed by atoms with Crippen molar-refractivity contribution in [2.24, 2.45) is 24.8 Å². The molecule has 114 valence electrons. The molecule has 1 aromatic heterocycles. The van der Waals surface area contributed by atoms with E-state index < -0.39 is 11.9 Å². The number of likely N-dealkylation sites (tertiary alicyclic amines) is 1. The van der Waals surface area contributed by atoms with E-state index in [0.29, 0.717) is 30.3 Å². The third kappa shape index (κ3) is 2.32. The van der Waals surface area contributed by atoms with Gasteiger partial charge < -0.3 is 10.0 Å². The number of hydrogen-bond donors (Lipinski definition) is 1. The van der Waals surface area contributed by atoms with Crippen molar-refractivity contribution in [3.05, 3.63) is 17.0 Å². The predicted molar refractivity (Wildman–Crippen MR) is 75.9 cm³/mol. The number of aromatic nitrogens is 2. The molecule has 2 atom stereocenters. The minimum Gasteiger partial charge on any atom is -0.481 e. The molecule has 0 aromatic carbocycles. The van der Waals surface area contributed by atoms with Crippen LogP contribution in [0.15, 0.2) is 0 Å². The van der Waals surface area contributed by atoms with E-state index in [9.17, 15) is 14.7 Å². The quantitative estimate of drug-likeness (QED) is 0.908. The Bertz CT molecular complexity index is 604. The summed E-state index contributed by atoms with van der Waals surface area (Å²) in [5, 5.41) is 13.7. The van der Waals surface area contributed by atoms with E-state index in [0.717, 1.165) is 18.5 Å². The minimum absolute atomic E-state index is 0.0764. The summed E-state index contributed by atoms with van der Waals surface area (Å²) < 4.78 is 1.70. The molecule has 1 saturated heterocycles. The highest BCUT2D eigenvalue weighted by Gasteiger charge is 2.47. The van der Waals surface area contributed by atoms with Crippen LogP contribution in [0.25, 0.3) is 0 Å². The molecule has 1 saturated carbocycles. The third-order valence-corrected chi connectivity index (χ3v) is 4.92. The standard InChI is InChI=1S/C15H21N3O3/c1-8-13(9(2)17(3)16-8)14(19)18-6-11(10-4-5-10)12(7-18)15(20)21/h10-12H,4-7H2,1-3H3,(H,20,21)/t11-,12+/m1/s1. The highest BCUT2D eigenvalue weighted by molar-refractivity contribution is 5.97. The number of carbonyl (C=O) groups excluding carboxylic acids is 1. The molecule has 2 heterocycles. The normalized spacial score (nSPS) is 25.4. The van der Waals surface area contributed by atoms with Crippen LogP contribution in [0, 0.1) is 31.6 Å². The first-order chi connectivity index (χ1) is 9.90. The van der Waals surface area contributed by atoms with Crippen LogP contribution in [0.2, 0.25) is 0 Å².